The second-order valence-corrected chi connectivity index (χ2v) is 12.9. The third-order valence-corrected chi connectivity index (χ3v) is 7.34. The molecule has 236 valence electrons. The molecule has 5 aromatic rings. The Morgan fingerprint density at radius 2 is 0.867 bits per heavy atom. The Morgan fingerprint density at radius 1 is 0.511 bits per heavy atom. The van der Waals surface area contributed by atoms with Crippen LogP contribution in [-0.2, 0) is 23.2 Å². The monoisotopic (exact) mass is 626 g/mol. The fourth-order valence-electron chi connectivity index (χ4n) is 4.79. The number of rotatable bonds is 5. The van der Waals surface area contributed by atoms with Gasteiger partial charge in [-0.2, -0.15) is 36.5 Å². The van der Waals surface area contributed by atoms with Gasteiger partial charge in [0.1, 0.15) is 0 Å². The van der Waals surface area contributed by atoms with Crippen molar-refractivity contribution in [3.63, 3.8) is 0 Å². The number of H-pyrrole nitrogens is 2. The van der Waals surface area contributed by atoms with E-state index >= 15 is 0 Å². The van der Waals surface area contributed by atoms with Gasteiger partial charge in [0, 0.05) is 11.4 Å². The van der Waals surface area contributed by atoms with E-state index in [-0.39, 0.29) is 33.6 Å². The summed E-state index contributed by atoms with van der Waals surface area (Å²) in [5, 5.41) is 11.5. The average Bonchev–Trinajstić information content (AvgIpc) is 3.64. The van der Waals surface area contributed by atoms with E-state index in [9.17, 15) is 26.3 Å². The summed E-state index contributed by atoms with van der Waals surface area (Å²) in [6.07, 6.45) is -9.42. The van der Waals surface area contributed by atoms with Crippen LogP contribution in [0.3, 0.4) is 0 Å². The van der Waals surface area contributed by atoms with Crippen molar-refractivity contribution in [1.29, 1.82) is 0 Å². The minimum atomic E-state index is -4.71. The van der Waals surface area contributed by atoms with E-state index in [1.807, 2.05) is 53.4 Å². The van der Waals surface area contributed by atoms with Crippen LogP contribution >= 0.6 is 0 Å². The molecule has 2 N–H and O–H groups in total. The lowest BCUT2D eigenvalue weighted by Gasteiger charge is -2.28. The first-order valence-electron chi connectivity index (χ1n) is 14.1. The zero-order valence-corrected chi connectivity index (χ0v) is 25.5. The summed E-state index contributed by atoms with van der Waals surface area (Å²) < 4.78 is 80.6. The SMILES string of the molecule is CC(C)(C)c1ccc(N(c2ccc(C(C)(C)C)cc2)c2cc(-c3cc(C(F)(F)F)n[nH]3)nc(-c3cc(C(F)(F)F)n[nH]3)c2)cc1. The number of nitrogens with zero attached hydrogens (tertiary/aromatic N) is 4. The van der Waals surface area contributed by atoms with Crippen LogP contribution in [0.4, 0.5) is 43.4 Å². The van der Waals surface area contributed by atoms with E-state index < -0.39 is 23.7 Å². The van der Waals surface area contributed by atoms with Crippen molar-refractivity contribution in [1.82, 2.24) is 25.4 Å². The molecule has 0 aliphatic heterocycles. The topological polar surface area (TPSA) is 73.5 Å². The Bertz CT molecular complexity index is 1660. The third kappa shape index (κ3) is 6.89. The van der Waals surface area contributed by atoms with Gasteiger partial charge in [-0.05, 0) is 70.5 Å². The van der Waals surface area contributed by atoms with Crippen LogP contribution in [0.15, 0.2) is 72.8 Å². The molecular weight excluding hydrogens is 594 g/mol. The number of hydrogen-bond acceptors (Lipinski definition) is 4. The van der Waals surface area contributed by atoms with Crippen molar-refractivity contribution in [3.8, 4) is 22.8 Å². The fraction of sp³-hybridized carbons (Fsp3) is 0.303. The van der Waals surface area contributed by atoms with Gasteiger partial charge in [-0.1, -0.05) is 65.8 Å². The molecule has 12 heteroatoms. The smallest absolute Gasteiger partial charge is 0.310 e. The van der Waals surface area contributed by atoms with Gasteiger partial charge in [-0.25, -0.2) is 4.98 Å². The molecule has 0 spiro atoms. The molecule has 0 aliphatic carbocycles. The van der Waals surface area contributed by atoms with Crippen LogP contribution in [0.2, 0.25) is 0 Å². The zero-order valence-electron chi connectivity index (χ0n) is 25.5. The van der Waals surface area contributed by atoms with Crippen molar-refractivity contribution < 1.29 is 26.3 Å². The third-order valence-electron chi connectivity index (χ3n) is 7.34. The van der Waals surface area contributed by atoms with Crippen molar-refractivity contribution in [2.75, 3.05) is 4.90 Å². The summed E-state index contributed by atoms with van der Waals surface area (Å²) in [5.74, 6) is 0. The van der Waals surface area contributed by atoms with Crippen molar-refractivity contribution in [2.45, 2.75) is 64.7 Å². The summed E-state index contributed by atoms with van der Waals surface area (Å²) in [7, 11) is 0. The summed E-state index contributed by atoms with van der Waals surface area (Å²) in [4.78, 5) is 6.29. The maximum Gasteiger partial charge on any atom is 0.435 e. The molecule has 0 saturated carbocycles. The molecule has 3 heterocycles. The van der Waals surface area contributed by atoms with Crippen LogP contribution in [0, 0.1) is 0 Å². The predicted octanol–water partition coefficient (Wildman–Crippen LogP) is 9.96. The highest BCUT2D eigenvalue weighted by molar-refractivity contribution is 5.81. The first-order valence-corrected chi connectivity index (χ1v) is 14.1. The van der Waals surface area contributed by atoms with E-state index in [2.05, 4.69) is 66.9 Å². The Kier molecular flexibility index (Phi) is 7.83. The van der Waals surface area contributed by atoms with Crippen molar-refractivity contribution >= 4 is 17.1 Å². The van der Waals surface area contributed by atoms with Crippen LogP contribution in [0.5, 0.6) is 0 Å². The molecule has 0 saturated heterocycles. The molecule has 45 heavy (non-hydrogen) atoms. The van der Waals surface area contributed by atoms with Gasteiger partial charge in [-0.15, -0.1) is 0 Å². The molecule has 3 aromatic heterocycles. The highest BCUT2D eigenvalue weighted by Gasteiger charge is 2.35. The Morgan fingerprint density at radius 3 is 1.16 bits per heavy atom. The number of pyridine rings is 1. The number of hydrogen-bond donors (Lipinski definition) is 2. The maximum atomic E-state index is 13.4. The largest absolute Gasteiger partial charge is 0.435 e. The number of nitrogens with one attached hydrogen (secondary N) is 2. The molecule has 0 fully saturated rings. The first kappa shape index (κ1) is 31.8. The minimum Gasteiger partial charge on any atom is -0.310 e. The highest BCUT2D eigenvalue weighted by atomic mass is 19.4. The van der Waals surface area contributed by atoms with Gasteiger partial charge >= 0.3 is 12.4 Å². The number of alkyl halides is 6. The highest BCUT2D eigenvalue weighted by Crippen LogP contribution is 2.40. The summed E-state index contributed by atoms with van der Waals surface area (Å²) in [6.45, 7) is 12.5. The minimum absolute atomic E-state index is 0.0382. The normalized spacial score (nSPS) is 12.9. The molecule has 6 nitrogen and oxygen atoms in total. The number of anilines is 3. The second kappa shape index (κ2) is 11.1. The molecule has 0 aliphatic rings. The zero-order chi connectivity index (χ0) is 32.9. The fourth-order valence-corrected chi connectivity index (χ4v) is 4.79. The van der Waals surface area contributed by atoms with E-state index in [1.165, 1.54) is 0 Å². The molecule has 0 atom stereocenters. The lowest BCUT2D eigenvalue weighted by atomic mass is 9.86. The predicted molar refractivity (Wildman–Crippen MR) is 161 cm³/mol. The molecule has 0 amide bonds. The molecular formula is C33H32F6N6. The number of aromatic nitrogens is 5. The van der Waals surface area contributed by atoms with Gasteiger partial charge in [-0.3, -0.25) is 10.2 Å². The van der Waals surface area contributed by atoms with Gasteiger partial charge < -0.3 is 4.90 Å². The van der Waals surface area contributed by atoms with Gasteiger partial charge in [0.05, 0.1) is 28.5 Å². The molecule has 0 unspecified atom stereocenters. The molecule has 2 aromatic carbocycles. The molecule has 0 radical (unpaired) electrons. The van der Waals surface area contributed by atoms with Gasteiger partial charge in [0.15, 0.2) is 11.4 Å². The van der Waals surface area contributed by atoms with E-state index in [1.54, 1.807) is 12.1 Å². The van der Waals surface area contributed by atoms with E-state index in [0.717, 1.165) is 34.6 Å². The number of halogens is 6. The van der Waals surface area contributed by atoms with Crippen molar-refractivity contribution in [3.05, 3.63) is 95.3 Å². The first-order chi connectivity index (χ1) is 20.8. The number of benzene rings is 2. The second-order valence-electron chi connectivity index (χ2n) is 12.9. The summed E-state index contributed by atoms with van der Waals surface area (Å²) in [5.41, 5.74) is 1.44. The Labute approximate surface area is 256 Å². The average molecular weight is 627 g/mol. The van der Waals surface area contributed by atoms with Crippen LogP contribution in [0.1, 0.15) is 64.1 Å². The maximum absolute atomic E-state index is 13.4. The van der Waals surface area contributed by atoms with Gasteiger partial charge in [0.2, 0.25) is 0 Å². The van der Waals surface area contributed by atoms with Crippen molar-refractivity contribution in [2.24, 2.45) is 0 Å². The van der Waals surface area contributed by atoms with Crippen LogP contribution < -0.4 is 4.90 Å². The summed E-state index contributed by atoms with van der Waals surface area (Å²) in [6, 6.07) is 20.4. The lowest BCUT2D eigenvalue weighted by molar-refractivity contribution is -0.142. The summed E-state index contributed by atoms with van der Waals surface area (Å²) >= 11 is 0. The molecule has 0 bridgehead atoms. The van der Waals surface area contributed by atoms with Crippen LogP contribution in [0.25, 0.3) is 22.8 Å². The van der Waals surface area contributed by atoms with E-state index in [4.69, 9.17) is 0 Å². The van der Waals surface area contributed by atoms with Gasteiger partial charge in [0.25, 0.3) is 0 Å². The molecule has 5 rings (SSSR count). The van der Waals surface area contributed by atoms with E-state index in [0.29, 0.717) is 5.69 Å². The number of aromatic amines is 2. The standard InChI is InChI=1S/C33H32F6N6/c1-30(2,3)19-7-11-21(12-8-19)45(22-13-9-20(10-14-22)31(4,5)6)23-15-24(26-17-28(43-41-26)32(34,35)36)40-25(16-23)27-18-29(44-42-27)33(37,38)39/h7-18H,1-6H3,(H,41,43)(H,42,44). The van der Waals surface area contributed by atoms with Crippen LogP contribution in [-0.4, -0.2) is 25.4 Å². The quantitative estimate of drug-likeness (QED) is 0.191. The Balaban J connectivity index is 1.73. The lowest BCUT2D eigenvalue weighted by Crippen LogP contribution is -2.14. The Hall–Kier alpha value is -4.61.